The van der Waals surface area contributed by atoms with Crippen molar-refractivity contribution in [3.05, 3.63) is 125 Å². The second-order valence-electron chi connectivity index (χ2n) is 13.1. The van der Waals surface area contributed by atoms with Gasteiger partial charge in [0.25, 0.3) is 0 Å². The molecule has 0 bridgehead atoms. The average molecular weight is 617 g/mol. The Morgan fingerprint density at radius 3 is 2.17 bits per heavy atom. The van der Waals surface area contributed by atoms with Gasteiger partial charge in [0.2, 0.25) is 5.91 Å². The molecule has 3 aromatic carbocycles. The third-order valence-corrected chi connectivity index (χ3v) is 10.2. The minimum atomic E-state index is -0.233. The van der Waals surface area contributed by atoms with E-state index in [0.717, 1.165) is 56.6 Å². The molecule has 1 aliphatic carbocycles. The van der Waals surface area contributed by atoms with Crippen molar-refractivity contribution in [1.82, 2.24) is 21.1 Å². The highest BCUT2D eigenvalue weighted by Crippen LogP contribution is 2.47. The fourth-order valence-electron chi connectivity index (χ4n) is 7.84. The molecule has 3 unspecified atom stereocenters. The third kappa shape index (κ3) is 5.66. The molecule has 46 heavy (non-hydrogen) atoms. The van der Waals surface area contributed by atoms with Crippen molar-refractivity contribution in [3.8, 4) is 0 Å². The van der Waals surface area contributed by atoms with E-state index >= 15 is 0 Å². The van der Waals surface area contributed by atoms with Crippen LogP contribution in [-0.2, 0) is 4.79 Å². The van der Waals surface area contributed by atoms with Crippen LogP contribution in [0.1, 0.15) is 67.3 Å². The maximum atomic E-state index is 14.0. The van der Waals surface area contributed by atoms with Crippen LogP contribution in [-0.4, -0.2) is 42.3 Å². The number of nitrogens with zero attached hydrogens (tertiary/aromatic N) is 2. The zero-order valence-corrected chi connectivity index (χ0v) is 26.0. The summed E-state index contributed by atoms with van der Waals surface area (Å²) in [6.45, 7) is 1.96. The molecule has 4 N–H and O–H groups in total. The number of halogens is 1. The van der Waals surface area contributed by atoms with Crippen molar-refractivity contribution >= 4 is 22.9 Å². The number of rotatable bonds is 7. The van der Waals surface area contributed by atoms with Gasteiger partial charge in [0.1, 0.15) is 5.82 Å². The quantitative estimate of drug-likeness (QED) is 0.249. The number of hydrazine groups is 1. The van der Waals surface area contributed by atoms with Crippen molar-refractivity contribution < 1.29 is 9.18 Å². The van der Waals surface area contributed by atoms with E-state index in [1.165, 1.54) is 34.3 Å². The lowest BCUT2D eigenvalue weighted by molar-refractivity contribution is -0.117. The molecule has 0 saturated carbocycles. The van der Waals surface area contributed by atoms with Gasteiger partial charge in [0.15, 0.2) is 0 Å². The zero-order chi connectivity index (χ0) is 31.0. The van der Waals surface area contributed by atoms with Gasteiger partial charge in [-0.25, -0.2) is 9.82 Å². The van der Waals surface area contributed by atoms with Gasteiger partial charge in [0, 0.05) is 17.6 Å². The summed E-state index contributed by atoms with van der Waals surface area (Å²) in [4.78, 5) is 15.1. The Hall–Kier alpha value is -4.24. The number of hydrogen-bond acceptors (Lipinski definition) is 6. The summed E-state index contributed by atoms with van der Waals surface area (Å²) in [7, 11) is 0. The maximum absolute atomic E-state index is 14.0. The molecule has 3 saturated heterocycles. The third-order valence-electron chi connectivity index (χ3n) is 10.2. The van der Waals surface area contributed by atoms with Crippen LogP contribution in [0.4, 0.5) is 15.8 Å². The number of anilines is 2. The summed E-state index contributed by atoms with van der Waals surface area (Å²) in [5.41, 5.74) is 11.7. The first-order valence-electron chi connectivity index (χ1n) is 16.8. The minimum Gasteiger partial charge on any atom is -0.357 e. The van der Waals surface area contributed by atoms with E-state index in [2.05, 4.69) is 92.1 Å². The van der Waals surface area contributed by atoms with Gasteiger partial charge >= 0.3 is 0 Å². The summed E-state index contributed by atoms with van der Waals surface area (Å²) >= 11 is 0. The number of carbonyl (C=O) groups is 1. The summed E-state index contributed by atoms with van der Waals surface area (Å²) in [6.07, 6.45) is 15.4. The molecular formula is C38H41FN6O. The Kier molecular flexibility index (Phi) is 7.94. The molecule has 0 spiro atoms. The monoisotopic (exact) mass is 616 g/mol. The van der Waals surface area contributed by atoms with Crippen LogP contribution in [0.25, 0.3) is 5.57 Å². The molecule has 0 aromatic heterocycles. The Balaban J connectivity index is 1.03. The molecule has 3 aromatic rings. The van der Waals surface area contributed by atoms with Gasteiger partial charge in [-0.1, -0.05) is 54.6 Å². The number of hydrogen-bond donors (Lipinski definition) is 4. The molecular weight excluding hydrogens is 575 g/mol. The number of allylic oxidation sites excluding steroid dienone is 2. The number of carbonyl (C=O) groups excluding carboxylic acids is 1. The van der Waals surface area contributed by atoms with Crippen LogP contribution in [0, 0.1) is 5.82 Å². The van der Waals surface area contributed by atoms with Gasteiger partial charge in [-0.2, -0.15) is 0 Å². The van der Waals surface area contributed by atoms with Crippen molar-refractivity contribution in [3.63, 3.8) is 0 Å². The predicted molar refractivity (Wildman–Crippen MR) is 181 cm³/mol. The Bertz CT molecular complexity index is 1650. The van der Waals surface area contributed by atoms with Crippen LogP contribution in [0.2, 0.25) is 0 Å². The summed E-state index contributed by atoms with van der Waals surface area (Å²) < 4.78 is 14.0. The molecule has 8 heteroatoms. The average Bonchev–Trinajstić information content (AvgIpc) is 3.92. The lowest BCUT2D eigenvalue weighted by Crippen LogP contribution is -2.46. The van der Waals surface area contributed by atoms with Gasteiger partial charge in [-0.15, -0.1) is 0 Å². The molecule has 4 aliphatic heterocycles. The highest BCUT2D eigenvalue weighted by molar-refractivity contribution is 5.95. The van der Waals surface area contributed by atoms with Crippen LogP contribution in [0.5, 0.6) is 0 Å². The molecule has 1 amide bonds. The van der Waals surface area contributed by atoms with E-state index in [9.17, 15) is 9.18 Å². The van der Waals surface area contributed by atoms with Crippen molar-refractivity contribution in [1.29, 1.82) is 0 Å². The fourth-order valence-corrected chi connectivity index (χ4v) is 7.84. The van der Waals surface area contributed by atoms with Crippen molar-refractivity contribution in [2.45, 2.75) is 68.9 Å². The standard InChI is InChI=1S/C38H41FN6O/c39-28-14-18-30(19-15-28)45-35(20-21-36(45)27-12-16-29(17-13-27)42-38(46)34-6-2-22-40-34)26-10-8-25(9-11-26)31-4-1-5-33-32(31)24-44(43-33)37-7-3-23-41-37/h1,4-5,8-19,24,33-37,40-41,43H,2-3,6-7,20-23H2,(H,42,46)/t33?,34-,35?,36?,37-/m0/s1. The van der Waals surface area contributed by atoms with E-state index in [-0.39, 0.29) is 35.9 Å². The Labute approximate surface area is 270 Å². The van der Waals surface area contributed by atoms with E-state index in [0.29, 0.717) is 6.17 Å². The highest BCUT2D eigenvalue weighted by Gasteiger charge is 2.36. The van der Waals surface area contributed by atoms with Gasteiger partial charge in [-0.3, -0.25) is 15.1 Å². The molecule has 5 aliphatic rings. The lowest BCUT2D eigenvalue weighted by atomic mass is 9.89. The molecule has 4 heterocycles. The van der Waals surface area contributed by atoms with Gasteiger partial charge < -0.3 is 15.5 Å². The van der Waals surface area contributed by atoms with E-state index in [4.69, 9.17) is 0 Å². The van der Waals surface area contributed by atoms with E-state index in [1.807, 2.05) is 24.3 Å². The molecule has 0 radical (unpaired) electrons. The Morgan fingerprint density at radius 2 is 1.50 bits per heavy atom. The fraction of sp³-hybridized carbons (Fsp3) is 0.342. The largest absolute Gasteiger partial charge is 0.357 e. The molecule has 236 valence electrons. The Morgan fingerprint density at radius 1 is 0.804 bits per heavy atom. The minimum absolute atomic E-state index is 0.0294. The molecule has 3 fully saturated rings. The number of amides is 1. The van der Waals surface area contributed by atoms with Crippen molar-refractivity contribution in [2.75, 3.05) is 23.3 Å². The van der Waals surface area contributed by atoms with Crippen molar-refractivity contribution in [2.24, 2.45) is 0 Å². The van der Waals surface area contributed by atoms with Crippen LogP contribution >= 0.6 is 0 Å². The SMILES string of the molecule is O=C(Nc1ccc(C2CCC(c3ccc(C4=CC=CC5NN([C@H]6CCCN6)C=C45)cc3)N2c2ccc(F)cc2)cc1)[C@@H]1CCCN1. The second-order valence-corrected chi connectivity index (χ2v) is 13.1. The predicted octanol–water partition coefficient (Wildman–Crippen LogP) is 6.33. The van der Waals surface area contributed by atoms with Gasteiger partial charge in [-0.05, 0) is 116 Å². The molecule has 7 nitrogen and oxygen atoms in total. The first-order chi connectivity index (χ1) is 22.6. The summed E-state index contributed by atoms with van der Waals surface area (Å²) in [6, 6.07) is 24.5. The number of fused-ring (bicyclic) bond motifs is 1. The van der Waals surface area contributed by atoms with Crippen LogP contribution in [0.3, 0.4) is 0 Å². The summed E-state index contributed by atoms with van der Waals surface area (Å²) in [5.74, 6) is -0.204. The summed E-state index contributed by atoms with van der Waals surface area (Å²) in [5, 5.41) is 12.2. The smallest absolute Gasteiger partial charge is 0.241 e. The normalized spacial score (nSPS) is 27.1. The lowest BCUT2D eigenvalue weighted by Gasteiger charge is -2.33. The number of benzene rings is 3. The highest BCUT2D eigenvalue weighted by atomic mass is 19.1. The molecule has 8 rings (SSSR count). The first-order valence-corrected chi connectivity index (χ1v) is 16.8. The topological polar surface area (TPSA) is 71.7 Å². The van der Waals surface area contributed by atoms with Crippen LogP contribution < -0.4 is 26.3 Å². The van der Waals surface area contributed by atoms with Gasteiger partial charge in [0.05, 0.1) is 30.3 Å². The zero-order valence-electron chi connectivity index (χ0n) is 26.0. The van der Waals surface area contributed by atoms with E-state index < -0.39 is 0 Å². The van der Waals surface area contributed by atoms with E-state index in [1.54, 1.807) is 12.1 Å². The number of nitrogens with one attached hydrogen (secondary N) is 4. The van der Waals surface area contributed by atoms with Crippen LogP contribution in [0.15, 0.2) is 103 Å². The second kappa shape index (κ2) is 12.5. The maximum Gasteiger partial charge on any atom is 0.241 e. The molecule has 5 atom stereocenters. The first kappa shape index (κ1) is 29.2.